The first-order valence-corrected chi connectivity index (χ1v) is 7.58. The van der Waals surface area contributed by atoms with Crippen molar-refractivity contribution in [3.63, 3.8) is 0 Å². The maximum Gasteiger partial charge on any atom is 0.308 e. The minimum absolute atomic E-state index is 0.0929. The highest BCUT2D eigenvalue weighted by Gasteiger charge is 2.35. The number of rotatable bonds is 8. The summed E-state index contributed by atoms with van der Waals surface area (Å²) in [7, 11) is 3.37. The van der Waals surface area contributed by atoms with Gasteiger partial charge in [-0.3, -0.25) is 9.69 Å². The molecule has 0 aromatic carbocycles. The SMILES string of the molecule is COCCN(C(C)COC)C1CCCCCC1C(=O)O. The van der Waals surface area contributed by atoms with Gasteiger partial charge < -0.3 is 14.6 Å². The highest BCUT2D eigenvalue weighted by atomic mass is 16.5. The normalized spacial score (nSPS) is 25.4. The summed E-state index contributed by atoms with van der Waals surface area (Å²) in [4.78, 5) is 13.9. The summed E-state index contributed by atoms with van der Waals surface area (Å²) in [6, 6.07) is 0.301. The number of nitrogens with zero attached hydrogens (tertiary/aromatic N) is 1. The molecule has 1 saturated carbocycles. The summed E-state index contributed by atoms with van der Waals surface area (Å²) in [5.74, 6) is -0.933. The molecule has 1 N–H and O–H groups in total. The largest absolute Gasteiger partial charge is 0.481 e. The van der Waals surface area contributed by atoms with Gasteiger partial charge in [-0.1, -0.05) is 19.3 Å². The van der Waals surface area contributed by atoms with Crippen molar-refractivity contribution in [2.45, 2.75) is 51.1 Å². The van der Waals surface area contributed by atoms with Crippen LogP contribution < -0.4 is 0 Å². The van der Waals surface area contributed by atoms with E-state index in [1.807, 2.05) is 0 Å². The van der Waals surface area contributed by atoms with Gasteiger partial charge in [0.2, 0.25) is 0 Å². The second-order valence-electron chi connectivity index (χ2n) is 5.69. The Morgan fingerprint density at radius 2 is 1.95 bits per heavy atom. The lowest BCUT2D eigenvalue weighted by molar-refractivity contribution is -0.145. The first-order valence-electron chi connectivity index (χ1n) is 7.58. The van der Waals surface area contributed by atoms with Crippen molar-refractivity contribution in [1.82, 2.24) is 4.90 Å². The molecule has 20 heavy (non-hydrogen) atoms. The van der Waals surface area contributed by atoms with E-state index in [9.17, 15) is 9.90 Å². The third kappa shape index (κ3) is 5.04. The van der Waals surface area contributed by atoms with E-state index in [0.29, 0.717) is 13.2 Å². The molecule has 1 aliphatic rings. The standard InChI is InChI=1S/C15H29NO4/c1-12(11-20-3)16(9-10-19-2)14-8-6-4-5-7-13(14)15(17)18/h12-14H,4-11H2,1-3H3,(H,17,18). The number of carboxylic acid groups (broad SMARTS) is 1. The van der Waals surface area contributed by atoms with Gasteiger partial charge in [0.1, 0.15) is 0 Å². The molecule has 1 rings (SSSR count). The number of aliphatic carboxylic acids is 1. The molecule has 1 aliphatic carbocycles. The van der Waals surface area contributed by atoms with Gasteiger partial charge >= 0.3 is 5.97 Å². The Kier molecular flexibility index (Phi) is 8.11. The van der Waals surface area contributed by atoms with E-state index in [2.05, 4.69) is 11.8 Å². The van der Waals surface area contributed by atoms with Crippen molar-refractivity contribution in [3.8, 4) is 0 Å². The molecule has 5 nitrogen and oxygen atoms in total. The van der Waals surface area contributed by atoms with E-state index in [-0.39, 0.29) is 18.0 Å². The predicted molar refractivity (Wildman–Crippen MR) is 77.9 cm³/mol. The number of methoxy groups -OCH3 is 2. The van der Waals surface area contributed by atoms with Crippen LogP contribution in [0.3, 0.4) is 0 Å². The predicted octanol–water partition coefficient (Wildman–Crippen LogP) is 2.00. The molecular weight excluding hydrogens is 258 g/mol. The topological polar surface area (TPSA) is 59.0 Å². The van der Waals surface area contributed by atoms with E-state index in [4.69, 9.17) is 9.47 Å². The molecular formula is C15H29NO4. The highest BCUT2D eigenvalue weighted by molar-refractivity contribution is 5.71. The van der Waals surface area contributed by atoms with Crippen LogP contribution in [0.15, 0.2) is 0 Å². The van der Waals surface area contributed by atoms with Crippen LogP contribution in [-0.4, -0.2) is 62.0 Å². The third-order valence-corrected chi connectivity index (χ3v) is 4.25. The van der Waals surface area contributed by atoms with Gasteiger partial charge in [-0.15, -0.1) is 0 Å². The van der Waals surface area contributed by atoms with Crippen LogP contribution in [0.4, 0.5) is 0 Å². The zero-order valence-corrected chi connectivity index (χ0v) is 13.0. The number of carbonyl (C=O) groups is 1. The van der Waals surface area contributed by atoms with Crippen molar-refractivity contribution >= 4 is 5.97 Å². The lowest BCUT2D eigenvalue weighted by atomic mass is 9.92. The molecule has 0 bridgehead atoms. The van der Waals surface area contributed by atoms with Crippen LogP contribution >= 0.6 is 0 Å². The molecule has 5 heteroatoms. The van der Waals surface area contributed by atoms with Gasteiger partial charge in [0.15, 0.2) is 0 Å². The van der Waals surface area contributed by atoms with E-state index in [1.54, 1.807) is 14.2 Å². The Morgan fingerprint density at radius 1 is 1.25 bits per heavy atom. The maximum atomic E-state index is 11.6. The Labute approximate surface area is 122 Å². The molecule has 0 saturated heterocycles. The number of ether oxygens (including phenoxy) is 2. The summed E-state index contributed by atoms with van der Waals surface area (Å²) < 4.78 is 10.4. The van der Waals surface area contributed by atoms with E-state index >= 15 is 0 Å². The molecule has 0 aromatic heterocycles. The number of hydrogen-bond acceptors (Lipinski definition) is 4. The first-order chi connectivity index (χ1) is 9.61. The average molecular weight is 287 g/mol. The summed E-state index contributed by atoms with van der Waals surface area (Å²) in [6.07, 6.45) is 5.00. The minimum atomic E-state index is -0.663. The molecule has 0 radical (unpaired) electrons. The van der Waals surface area contributed by atoms with Crippen molar-refractivity contribution in [3.05, 3.63) is 0 Å². The summed E-state index contributed by atoms with van der Waals surface area (Å²) in [5, 5.41) is 9.53. The van der Waals surface area contributed by atoms with E-state index in [1.165, 1.54) is 0 Å². The Hall–Kier alpha value is -0.650. The zero-order valence-electron chi connectivity index (χ0n) is 13.0. The second-order valence-corrected chi connectivity index (χ2v) is 5.69. The summed E-state index contributed by atoms with van der Waals surface area (Å²) in [5.41, 5.74) is 0. The Morgan fingerprint density at radius 3 is 2.55 bits per heavy atom. The highest BCUT2D eigenvalue weighted by Crippen LogP contribution is 2.29. The van der Waals surface area contributed by atoms with Crippen LogP contribution in [0.1, 0.15) is 39.0 Å². The molecule has 1 fully saturated rings. The van der Waals surface area contributed by atoms with Crippen LogP contribution in [0, 0.1) is 5.92 Å². The molecule has 0 spiro atoms. The van der Waals surface area contributed by atoms with Crippen LogP contribution in [-0.2, 0) is 14.3 Å². The van der Waals surface area contributed by atoms with E-state index < -0.39 is 5.97 Å². The fraction of sp³-hybridized carbons (Fsp3) is 0.933. The van der Waals surface area contributed by atoms with Crippen molar-refractivity contribution in [1.29, 1.82) is 0 Å². The van der Waals surface area contributed by atoms with Gasteiger partial charge in [-0.25, -0.2) is 0 Å². The van der Waals surface area contributed by atoms with Gasteiger partial charge in [-0.05, 0) is 19.8 Å². The lowest BCUT2D eigenvalue weighted by Crippen LogP contribution is -2.50. The van der Waals surface area contributed by atoms with Gasteiger partial charge in [0.05, 0.1) is 19.1 Å². The lowest BCUT2D eigenvalue weighted by Gasteiger charge is -2.38. The number of carboxylic acids is 1. The number of hydrogen-bond donors (Lipinski definition) is 1. The zero-order chi connectivity index (χ0) is 15.0. The average Bonchev–Trinajstić information content (AvgIpc) is 2.65. The minimum Gasteiger partial charge on any atom is -0.481 e. The fourth-order valence-corrected chi connectivity index (χ4v) is 3.22. The van der Waals surface area contributed by atoms with Crippen molar-refractivity contribution in [2.75, 3.05) is 34.0 Å². The third-order valence-electron chi connectivity index (χ3n) is 4.25. The van der Waals surface area contributed by atoms with Gasteiger partial charge in [0.25, 0.3) is 0 Å². The molecule has 0 aromatic rings. The molecule has 118 valence electrons. The van der Waals surface area contributed by atoms with Crippen LogP contribution in [0.2, 0.25) is 0 Å². The van der Waals surface area contributed by atoms with Crippen molar-refractivity contribution in [2.24, 2.45) is 5.92 Å². The van der Waals surface area contributed by atoms with Gasteiger partial charge in [-0.2, -0.15) is 0 Å². The quantitative estimate of drug-likeness (QED) is 0.692. The summed E-state index contributed by atoms with van der Waals surface area (Å²) >= 11 is 0. The van der Waals surface area contributed by atoms with Crippen molar-refractivity contribution < 1.29 is 19.4 Å². The smallest absolute Gasteiger partial charge is 0.308 e. The Balaban J connectivity index is 2.84. The molecule has 3 unspecified atom stereocenters. The molecule has 0 heterocycles. The Bertz CT molecular complexity index is 285. The fourth-order valence-electron chi connectivity index (χ4n) is 3.22. The molecule has 3 atom stereocenters. The van der Waals surface area contributed by atoms with E-state index in [0.717, 1.165) is 38.6 Å². The molecule has 0 amide bonds. The second kappa shape index (κ2) is 9.32. The molecule has 0 aliphatic heterocycles. The monoisotopic (exact) mass is 287 g/mol. The van der Waals surface area contributed by atoms with Crippen LogP contribution in [0.5, 0.6) is 0 Å². The summed E-state index contributed by atoms with van der Waals surface area (Å²) in [6.45, 7) is 4.10. The van der Waals surface area contributed by atoms with Gasteiger partial charge in [0, 0.05) is 32.8 Å². The maximum absolute atomic E-state index is 11.6. The first kappa shape index (κ1) is 17.4. The van der Waals surface area contributed by atoms with Crippen LogP contribution in [0.25, 0.3) is 0 Å².